The van der Waals surface area contributed by atoms with E-state index in [9.17, 15) is 32.7 Å². The number of aromatic nitrogens is 2. The Balaban J connectivity index is 1.99. The Bertz CT molecular complexity index is 1270. The van der Waals surface area contributed by atoms with Crippen LogP contribution in [-0.4, -0.2) is 32.7 Å². The molecule has 0 aliphatic rings. The number of benzene rings is 1. The Morgan fingerprint density at radius 3 is 2.37 bits per heavy atom. The van der Waals surface area contributed by atoms with E-state index >= 15 is 0 Å². The average molecular weight is 487 g/mol. The molecular formula is C25H24F3N3O4. The second kappa shape index (κ2) is 10.5. The molecule has 0 fully saturated rings. The number of nitrogens with one attached hydrogen (secondary N) is 1. The first-order chi connectivity index (χ1) is 16.5. The van der Waals surface area contributed by atoms with E-state index in [1.165, 1.54) is 18.3 Å². The fourth-order valence-electron chi connectivity index (χ4n) is 3.98. The SMILES string of the molecule is Cc1cccc(C)c1-c1cncc([C@H](CC(=O)O)NC(=O)C(CC(F)(F)F)n2ccccc2=O)c1. The Morgan fingerprint density at radius 1 is 1.09 bits per heavy atom. The van der Waals surface area contributed by atoms with Crippen molar-refractivity contribution in [3.8, 4) is 11.1 Å². The molecule has 2 N–H and O–H groups in total. The summed E-state index contributed by atoms with van der Waals surface area (Å²) in [7, 11) is 0. The maximum absolute atomic E-state index is 13.3. The topological polar surface area (TPSA) is 101 Å². The van der Waals surface area contributed by atoms with Gasteiger partial charge in [-0.2, -0.15) is 13.2 Å². The summed E-state index contributed by atoms with van der Waals surface area (Å²) in [5.74, 6) is -2.39. The standard InChI is InChI=1S/C25H24F3N3O4/c1-15-6-5-7-16(2)23(15)18-10-17(13-29-14-18)19(11-22(33)34)30-24(35)20(12-25(26,27)28)31-9-4-3-8-21(31)32/h3-10,13-14,19-20H,11-12H2,1-2H3,(H,30,35)(H,33,34)/t19-,20?/m0/s1. The third-order valence-electron chi connectivity index (χ3n) is 5.54. The van der Waals surface area contributed by atoms with Crippen LogP contribution in [0.3, 0.4) is 0 Å². The molecule has 0 radical (unpaired) electrons. The number of amides is 1. The van der Waals surface area contributed by atoms with Crippen LogP contribution in [0.5, 0.6) is 0 Å². The van der Waals surface area contributed by atoms with E-state index in [-0.39, 0.29) is 0 Å². The number of hydrogen-bond acceptors (Lipinski definition) is 4. The van der Waals surface area contributed by atoms with Crippen molar-refractivity contribution in [3.05, 3.63) is 88.1 Å². The number of alkyl halides is 3. The number of halogens is 3. The molecule has 3 aromatic rings. The Morgan fingerprint density at radius 2 is 1.77 bits per heavy atom. The van der Waals surface area contributed by atoms with Gasteiger partial charge >= 0.3 is 12.1 Å². The molecule has 2 aromatic heterocycles. The van der Waals surface area contributed by atoms with Crippen LogP contribution in [-0.2, 0) is 9.59 Å². The molecule has 1 unspecified atom stereocenters. The predicted molar refractivity (Wildman–Crippen MR) is 123 cm³/mol. The number of aryl methyl sites for hydroxylation is 2. The van der Waals surface area contributed by atoms with Crippen LogP contribution in [0.4, 0.5) is 13.2 Å². The fraction of sp³-hybridized carbons (Fsp3) is 0.280. The van der Waals surface area contributed by atoms with Crippen LogP contribution in [0.1, 0.15) is 41.6 Å². The number of rotatable bonds is 8. The van der Waals surface area contributed by atoms with Gasteiger partial charge in [-0.3, -0.25) is 19.4 Å². The van der Waals surface area contributed by atoms with Crippen molar-refractivity contribution in [2.45, 2.75) is 44.9 Å². The highest BCUT2D eigenvalue weighted by atomic mass is 19.4. The molecule has 184 valence electrons. The van der Waals surface area contributed by atoms with Crippen LogP contribution < -0.4 is 10.9 Å². The molecule has 1 aromatic carbocycles. The fourth-order valence-corrected chi connectivity index (χ4v) is 3.98. The molecule has 2 heterocycles. The van der Waals surface area contributed by atoms with Gasteiger partial charge in [0.15, 0.2) is 0 Å². The number of nitrogens with zero attached hydrogens (tertiary/aromatic N) is 2. The lowest BCUT2D eigenvalue weighted by Gasteiger charge is -2.24. The van der Waals surface area contributed by atoms with E-state index in [4.69, 9.17) is 0 Å². The number of carboxylic acids is 1. The van der Waals surface area contributed by atoms with E-state index in [2.05, 4.69) is 10.3 Å². The number of hydrogen-bond donors (Lipinski definition) is 2. The second-order valence-corrected chi connectivity index (χ2v) is 8.21. The smallest absolute Gasteiger partial charge is 0.391 e. The summed E-state index contributed by atoms with van der Waals surface area (Å²) in [4.78, 5) is 40.9. The molecule has 1 amide bonds. The van der Waals surface area contributed by atoms with Crippen LogP contribution in [0.25, 0.3) is 11.1 Å². The molecule has 0 saturated carbocycles. The summed E-state index contributed by atoms with van der Waals surface area (Å²) in [6.45, 7) is 3.82. The minimum Gasteiger partial charge on any atom is -0.481 e. The summed E-state index contributed by atoms with van der Waals surface area (Å²) in [6, 6.07) is 8.01. The normalized spacial score (nSPS) is 13.2. The van der Waals surface area contributed by atoms with Gasteiger partial charge in [-0.15, -0.1) is 0 Å². The third-order valence-corrected chi connectivity index (χ3v) is 5.54. The number of carbonyl (C=O) groups is 2. The van der Waals surface area contributed by atoms with Crippen molar-refractivity contribution in [2.24, 2.45) is 0 Å². The highest BCUT2D eigenvalue weighted by Gasteiger charge is 2.37. The summed E-state index contributed by atoms with van der Waals surface area (Å²) in [5, 5.41) is 11.8. The van der Waals surface area contributed by atoms with Crippen LogP contribution in [0, 0.1) is 13.8 Å². The molecule has 2 atom stereocenters. The van der Waals surface area contributed by atoms with Crippen molar-refractivity contribution < 1.29 is 27.9 Å². The first kappa shape index (κ1) is 25.7. The van der Waals surface area contributed by atoms with Crippen molar-refractivity contribution in [1.82, 2.24) is 14.9 Å². The van der Waals surface area contributed by atoms with Gasteiger partial charge in [0, 0.05) is 30.2 Å². The highest BCUT2D eigenvalue weighted by Crippen LogP contribution is 2.31. The maximum Gasteiger partial charge on any atom is 0.391 e. The van der Waals surface area contributed by atoms with E-state index in [1.807, 2.05) is 32.0 Å². The number of carboxylic acid groups (broad SMARTS) is 1. The quantitative estimate of drug-likeness (QED) is 0.492. The molecule has 0 aliphatic carbocycles. The Kier molecular flexibility index (Phi) is 7.73. The molecule has 0 spiro atoms. The second-order valence-electron chi connectivity index (χ2n) is 8.21. The molecule has 10 heteroatoms. The van der Waals surface area contributed by atoms with E-state index in [0.717, 1.165) is 29.0 Å². The lowest BCUT2D eigenvalue weighted by molar-refractivity contribution is -0.153. The van der Waals surface area contributed by atoms with Gasteiger partial charge in [-0.05, 0) is 48.2 Å². The first-order valence-electron chi connectivity index (χ1n) is 10.7. The van der Waals surface area contributed by atoms with Crippen LogP contribution in [0.2, 0.25) is 0 Å². The molecule has 7 nitrogen and oxygen atoms in total. The Hall–Kier alpha value is -3.95. The molecular weight excluding hydrogens is 463 g/mol. The van der Waals surface area contributed by atoms with Gasteiger partial charge in [0.2, 0.25) is 5.91 Å². The molecule has 0 saturated heterocycles. The third kappa shape index (κ3) is 6.56. The zero-order valence-corrected chi connectivity index (χ0v) is 19.0. The van der Waals surface area contributed by atoms with Crippen LogP contribution in [0.15, 0.2) is 65.8 Å². The first-order valence-corrected chi connectivity index (χ1v) is 10.7. The van der Waals surface area contributed by atoms with Gasteiger partial charge in [0.1, 0.15) is 6.04 Å². The zero-order valence-electron chi connectivity index (χ0n) is 19.0. The van der Waals surface area contributed by atoms with Gasteiger partial charge in [0.25, 0.3) is 5.56 Å². The van der Waals surface area contributed by atoms with E-state index in [1.54, 1.807) is 12.3 Å². The summed E-state index contributed by atoms with van der Waals surface area (Å²) >= 11 is 0. The molecule has 35 heavy (non-hydrogen) atoms. The summed E-state index contributed by atoms with van der Waals surface area (Å²) < 4.78 is 40.5. The lowest BCUT2D eigenvalue weighted by Crippen LogP contribution is -2.41. The minimum atomic E-state index is -4.75. The summed E-state index contributed by atoms with van der Waals surface area (Å²) in [5.41, 5.74) is 2.99. The zero-order chi connectivity index (χ0) is 25.8. The molecule has 3 rings (SSSR count). The van der Waals surface area contributed by atoms with E-state index in [0.29, 0.717) is 15.7 Å². The monoisotopic (exact) mass is 487 g/mol. The highest BCUT2D eigenvalue weighted by molar-refractivity contribution is 5.82. The number of pyridine rings is 2. The van der Waals surface area contributed by atoms with E-state index < -0.39 is 48.5 Å². The maximum atomic E-state index is 13.3. The summed E-state index contributed by atoms with van der Waals surface area (Å²) in [6.07, 6.45) is -2.89. The van der Waals surface area contributed by atoms with Gasteiger partial charge in [-0.1, -0.05) is 24.3 Å². The number of carbonyl (C=O) groups excluding carboxylic acids is 1. The predicted octanol–water partition coefficient (Wildman–Crippen LogP) is 4.35. The Labute approximate surface area is 199 Å². The number of aliphatic carboxylic acids is 1. The van der Waals surface area contributed by atoms with Gasteiger partial charge in [0.05, 0.1) is 18.9 Å². The lowest BCUT2D eigenvalue weighted by atomic mass is 9.94. The average Bonchev–Trinajstić information content (AvgIpc) is 2.77. The molecule has 0 bridgehead atoms. The van der Waals surface area contributed by atoms with Gasteiger partial charge < -0.3 is 15.0 Å². The minimum absolute atomic E-state index is 0.312. The van der Waals surface area contributed by atoms with Gasteiger partial charge in [-0.25, -0.2) is 0 Å². The van der Waals surface area contributed by atoms with Crippen molar-refractivity contribution in [2.75, 3.05) is 0 Å². The molecule has 0 aliphatic heterocycles. The largest absolute Gasteiger partial charge is 0.481 e. The van der Waals surface area contributed by atoms with Crippen molar-refractivity contribution in [1.29, 1.82) is 0 Å². The van der Waals surface area contributed by atoms with Crippen molar-refractivity contribution >= 4 is 11.9 Å². The van der Waals surface area contributed by atoms with Crippen LogP contribution >= 0.6 is 0 Å². The van der Waals surface area contributed by atoms with Crippen molar-refractivity contribution in [3.63, 3.8) is 0 Å².